The summed E-state index contributed by atoms with van der Waals surface area (Å²) in [6.45, 7) is 5.94. The number of hydrogen-bond donors (Lipinski definition) is 1. The molecule has 142 valence electrons. The molecule has 6 nitrogen and oxygen atoms in total. The van der Waals surface area contributed by atoms with Gasteiger partial charge in [0.1, 0.15) is 5.60 Å². The van der Waals surface area contributed by atoms with Gasteiger partial charge in [0.25, 0.3) is 10.1 Å². The van der Waals surface area contributed by atoms with Gasteiger partial charge in [-0.3, -0.25) is 4.18 Å². The van der Waals surface area contributed by atoms with E-state index in [1.165, 1.54) is 0 Å². The number of carbonyl (C=O) groups excluding carboxylic acids is 1. The van der Waals surface area contributed by atoms with Gasteiger partial charge in [0.05, 0.1) is 12.9 Å². The Labute approximate surface area is 158 Å². The third-order valence-corrected chi connectivity index (χ3v) is 4.35. The van der Waals surface area contributed by atoms with Crippen molar-refractivity contribution in [2.45, 2.75) is 45.1 Å². The predicted octanol–water partition coefficient (Wildman–Crippen LogP) is 3.81. The molecule has 1 amide bonds. The van der Waals surface area contributed by atoms with Gasteiger partial charge in [-0.05, 0) is 51.3 Å². The zero-order chi connectivity index (χ0) is 19.1. The van der Waals surface area contributed by atoms with Crippen LogP contribution < -0.4 is 5.32 Å². The van der Waals surface area contributed by atoms with Crippen LogP contribution in [0.4, 0.5) is 4.79 Å². The Balaban J connectivity index is 2.65. The van der Waals surface area contributed by atoms with Crippen molar-refractivity contribution in [3.05, 3.63) is 34.3 Å². The summed E-state index contributed by atoms with van der Waals surface area (Å²) in [4.78, 5) is 11.9. The maximum absolute atomic E-state index is 11.9. The number of rotatable bonds is 8. The highest BCUT2D eigenvalue weighted by Gasteiger charge is 2.18. The molecule has 1 aromatic carbocycles. The Kier molecular flexibility index (Phi) is 8.37. The van der Waals surface area contributed by atoms with E-state index in [0.717, 1.165) is 16.3 Å². The molecule has 0 bridgehead atoms. The van der Waals surface area contributed by atoms with Crippen LogP contribution in [0.5, 0.6) is 0 Å². The van der Waals surface area contributed by atoms with E-state index in [2.05, 4.69) is 21.2 Å². The fourth-order valence-electron chi connectivity index (χ4n) is 2.18. The summed E-state index contributed by atoms with van der Waals surface area (Å²) in [5.74, 6) is 0.0313. The maximum atomic E-state index is 11.9. The molecule has 25 heavy (non-hydrogen) atoms. The first-order chi connectivity index (χ1) is 11.5. The van der Waals surface area contributed by atoms with Crippen molar-refractivity contribution >= 4 is 32.1 Å². The van der Waals surface area contributed by atoms with Crippen molar-refractivity contribution in [1.82, 2.24) is 5.32 Å². The second kappa shape index (κ2) is 9.54. The molecule has 0 heterocycles. The van der Waals surface area contributed by atoms with Crippen molar-refractivity contribution in [1.29, 1.82) is 0 Å². The van der Waals surface area contributed by atoms with E-state index in [9.17, 15) is 13.2 Å². The fourth-order valence-corrected chi connectivity index (χ4v) is 2.87. The van der Waals surface area contributed by atoms with E-state index in [1.807, 2.05) is 24.3 Å². The summed E-state index contributed by atoms with van der Waals surface area (Å²) in [6, 6.07) is 7.82. The molecule has 1 atom stereocenters. The van der Waals surface area contributed by atoms with E-state index in [1.54, 1.807) is 20.8 Å². The topological polar surface area (TPSA) is 81.7 Å². The summed E-state index contributed by atoms with van der Waals surface area (Å²) >= 11 is 3.40. The second-order valence-corrected chi connectivity index (χ2v) is 9.36. The molecule has 1 N–H and O–H groups in total. The van der Waals surface area contributed by atoms with E-state index in [4.69, 9.17) is 8.92 Å². The number of amides is 1. The number of carbonyl (C=O) groups is 1. The van der Waals surface area contributed by atoms with E-state index < -0.39 is 21.8 Å². The van der Waals surface area contributed by atoms with E-state index in [0.29, 0.717) is 19.4 Å². The first-order valence-electron chi connectivity index (χ1n) is 8.03. The lowest BCUT2D eigenvalue weighted by atomic mass is 9.94. The van der Waals surface area contributed by atoms with Crippen molar-refractivity contribution in [3.8, 4) is 0 Å². The standard InChI is InChI=1S/C17H26BrNO5S/c1-17(2,3)24-16(20)19-12-14(6-5-11-23-25(4,21)22)13-7-9-15(18)10-8-13/h7-10,14H,5-6,11-12H2,1-4H3,(H,19,20)/t14-/m1/s1. The Bertz CT molecular complexity index is 653. The lowest BCUT2D eigenvalue weighted by molar-refractivity contribution is 0.0523. The normalized spacial score (nSPS) is 13.3. The molecule has 0 unspecified atom stereocenters. The minimum absolute atomic E-state index is 0.0313. The first-order valence-corrected chi connectivity index (χ1v) is 10.6. The summed E-state index contributed by atoms with van der Waals surface area (Å²) < 4.78 is 33.1. The highest BCUT2D eigenvalue weighted by Crippen LogP contribution is 2.23. The molecule has 0 saturated carbocycles. The summed E-state index contributed by atoms with van der Waals surface area (Å²) in [5, 5.41) is 2.78. The third kappa shape index (κ3) is 10.5. The highest BCUT2D eigenvalue weighted by molar-refractivity contribution is 9.10. The second-order valence-electron chi connectivity index (χ2n) is 6.80. The fraction of sp³-hybridized carbons (Fsp3) is 0.588. The molecule has 0 spiro atoms. The van der Waals surface area contributed by atoms with E-state index >= 15 is 0 Å². The van der Waals surface area contributed by atoms with Gasteiger partial charge in [0, 0.05) is 16.9 Å². The molecule has 1 rings (SSSR count). The van der Waals surface area contributed by atoms with Gasteiger partial charge in [-0.25, -0.2) is 4.79 Å². The average molecular weight is 436 g/mol. The summed E-state index contributed by atoms with van der Waals surface area (Å²) in [7, 11) is -3.43. The van der Waals surface area contributed by atoms with Crippen LogP contribution in [-0.4, -0.2) is 39.5 Å². The number of ether oxygens (including phenoxy) is 1. The summed E-state index contributed by atoms with van der Waals surface area (Å²) in [6.07, 6.45) is 1.79. The SMILES string of the molecule is CC(C)(C)OC(=O)NC[C@@H](CCCOS(C)(=O)=O)c1ccc(Br)cc1. The van der Waals surface area contributed by atoms with Crippen molar-refractivity contribution < 1.29 is 22.1 Å². The van der Waals surface area contributed by atoms with Crippen LogP contribution in [0.1, 0.15) is 45.1 Å². The van der Waals surface area contributed by atoms with Gasteiger partial charge in [0.15, 0.2) is 0 Å². The monoisotopic (exact) mass is 435 g/mol. The Hall–Kier alpha value is -1.12. The zero-order valence-corrected chi connectivity index (χ0v) is 17.4. The van der Waals surface area contributed by atoms with Crippen LogP contribution in [0.3, 0.4) is 0 Å². The van der Waals surface area contributed by atoms with Crippen molar-refractivity contribution in [2.24, 2.45) is 0 Å². The molecule has 0 aliphatic carbocycles. The molecule has 8 heteroatoms. The van der Waals surface area contributed by atoms with Crippen LogP contribution in [0.15, 0.2) is 28.7 Å². The van der Waals surface area contributed by atoms with Crippen LogP contribution in [0, 0.1) is 0 Å². The minimum Gasteiger partial charge on any atom is -0.444 e. The number of hydrogen-bond acceptors (Lipinski definition) is 5. The molecular weight excluding hydrogens is 410 g/mol. The van der Waals surface area contributed by atoms with Gasteiger partial charge >= 0.3 is 6.09 Å². The van der Waals surface area contributed by atoms with Gasteiger partial charge < -0.3 is 10.1 Å². The van der Waals surface area contributed by atoms with Crippen LogP contribution in [0.2, 0.25) is 0 Å². The predicted molar refractivity (Wildman–Crippen MR) is 101 cm³/mol. The van der Waals surface area contributed by atoms with Gasteiger partial charge in [0.2, 0.25) is 0 Å². The number of nitrogens with one attached hydrogen (secondary N) is 1. The average Bonchev–Trinajstić information content (AvgIpc) is 2.44. The largest absolute Gasteiger partial charge is 0.444 e. The number of halogens is 1. The maximum Gasteiger partial charge on any atom is 0.407 e. The Morgan fingerprint density at radius 3 is 2.36 bits per heavy atom. The van der Waals surface area contributed by atoms with Crippen molar-refractivity contribution in [2.75, 3.05) is 19.4 Å². The van der Waals surface area contributed by atoms with E-state index in [-0.39, 0.29) is 12.5 Å². The number of alkyl carbamates (subject to hydrolysis) is 1. The minimum atomic E-state index is -3.43. The quantitative estimate of drug-likeness (QED) is 0.495. The molecule has 0 radical (unpaired) electrons. The Morgan fingerprint density at radius 2 is 1.84 bits per heavy atom. The first kappa shape index (κ1) is 21.9. The molecule has 0 aromatic heterocycles. The zero-order valence-electron chi connectivity index (χ0n) is 15.0. The lowest BCUT2D eigenvalue weighted by Gasteiger charge is -2.22. The van der Waals surface area contributed by atoms with Crippen LogP contribution in [-0.2, 0) is 19.0 Å². The Morgan fingerprint density at radius 1 is 1.24 bits per heavy atom. The molecular formula is C17H26BrNO5S. The summed E-state index contributed by atoms with van der Waals surface area (Å²) in [5.41, 5.74) is 0.499. The third-order valence-electron chi connectivity index (χ3n) is 3.23. The number of benzene rings is 1. The van der Waals surface area contributed by atoms with Crippen molar-refractivity contribution in [3.63, 3.8) is 0 Å². The smallest absolute Gasteiger partial charge is 0.407 e. The molecule has 0 fully saturated rings. The lowest BCUT2D eigenvalue weighted by Crippen LogP contribution is -2.34. The van der Waals surface area contributed by atoms with Gasteiger partial charge in [-0.2, -0.15) is 8.42 Å². The van der Waals surface area contributed by atoms with Crippen LogP contribution in [0.25, 0.3) is 0 Å². The molecule has 0 saturated heterocycles. The molecule has 0 aliphatic rings. The molecule has 0 aliphatic heterocycles. The highest BCUT2D eigenvalue weighted by atomic mass is 79.9. The van der Waals surface area contributed by atoms with Gasteiger partial charge in [-0.1, -0.05) is 28.1 Å². The van der Waals surface area contributed by atoms with Gasteiger partial charge in [-0.15, -0.1) is 0 Å². The van der Waals surface area contributed by atoms with Crippen LogP contribution >= 0.6 is 15.9 Å². The molecule has 1 aromatic rings.